The van der Waals surface area contributed by atoms with Crippen LogP contribution in [0.1, 0.15) is 24.8 Å². The van der Waals surface area contributed by atoms with E-state index >= 15 is 0 Å². The van der Waals surface area contributed by atoms with Gasteiger partial charge < -0.3 is 4.74 Å². The van der Waals surface area contributed by atoms with Gasteiger partial charge in [-0.2, -0.15) is 17.5 Å². The molecule has 1 heterocycles. The van der Waals surface area contributed by atoms with Crippen molar-refractivity contribution in [3.8, 4) is 5.75 Å². The Morgan fingerprint density at radius 2 is 2.08 bits per heavy atom. The van der Waals surface area contributed by atoms with Crippen LogP contribution in [0.5, 0.6) is 5.75 Å². The normalized spacial score (nSPS) is 26.8. The Morgan fingerprint density at radius 3 is 2.76 bits per heavy atom. The van der Waals surface area contributed by atoms with Gasteiger partial charge in [-0.05, 0) is 43.4 Å². The molecule has 1 aromatic carbocycles. The summed E-state index contributed by atoms with van der Waals surface area (Å²) in [6, 6.07) is 4.28. The average molecular weight is 375 g/mol. The van der Waals surface area contributed by atoms with Crippen LogP contribution in [-0.4, -0.2) is 37.2 Å². The fourth-order valence-corrected chi connectivity index (χ4v) is 5.63. The van der Waals surface area contributed by atoms with Crippen molar-refractivity contribution in [2.75, 3.05) is 12.4 Å². The molecule has 138 valence electrons. The predicted octanol–water partition coefficient (Wildman–Crippen LogP) is 3.45. The number of fused-ring (bicyclic) bond motifs is 2. The van der Waals surface area contributed by atoms with E-state index < -0.39 is 21.8 Å². The molecule has 1 aromatic rings. The molecule has 0 aromatic heterocycles. The summed E-state index contributed by atoms with van der Waals surface area (Å²) in [5.74, 6) is 0.144. The molecule has 1 saturated heterocycles. The van der Waals surface area contributed by atoms with E-state index in [1.54, 1.807) is 0 Å². The highest BCUT2D eigenvalue weighted by atomic mass is 32.2. The molecule has 0 radical (unpaired) electrons. The van der Waals surface area contributed by atoms with Gasteiger partial charge in [-0.25, -0.2) is 8.42 Å². The first-order valence-electron chi connectivity index (χ1n) is 8.14. The van der Waals surface area contributed by atoms with Gasteiger partial charge in [-0.3, -0.25) is 0 Å². The number of hydrogen-bond acceptors (Lipinski definition) is 3. The Bertz CT molecular complexity index is 748. The van der Waals surface area contributed by atoms with E-state index in [-0.39, 0.29) is 36.1 Å². The largest absolute Gasteiger partial charge is 0.492 e. The van der Waals surface area contributed by atoms with Crippen molar-refractivity contribution in [3.05, 3.63) is 42.5 Å². The van der Waals surface area contributed by atoms with Crippen LogP contribution >= 0.6 is 0 Å². The van der Waals surface area contributed by atoms with Crippen molar-refractivity contribution in [2.45, 2.75) is 37.5 Å². The number of benzene rings is 1. The highest BCUT2D eigenvalue weighted by Crippen LogP contribution is 2.44. The summed E-state index contributed by atoms with van der Waals surface area (Å²) in [7, 11) is -3.47. The molecule has 0 unspecified atom stereocenters. The number of hydrogen-bond donors (Lipinski definition) is 0. The molecular weight excluding hydrogens is 355 g/mol. The second kappa shape index (κ2) is 6.64. The van der Waals surface area contributed by atoms with Crippen molar-refractivity contribution in [1.82, 2.24) is 4.31 Å². The van der Waals surface area contributed by atoms with Crippen LogP contribution in [-0.2, 0) is 16.2 Å². The lowest BCUT2D eigenvalue weighted by Gasteiger charge is -2.33. The SMILES string of the molecule is C=CCS(=O)(=O)N1[C@@H]2CC[C@@H](C2)[C@@H]1COc1cccc(C(F)(F)F)c1. The molecule has 25 heavy (non-hydrogen) atoms. The molecule has 1 aliphatic carbocycles. The Labute approximate surface area is 145 Å². The first kappa shape index (κ1) is 18.3. The zero-order valence-corrected chi connectivity index (χ0v) is 14.4. The van der Waals surface area contributed by atoms with E-state index in [4.69, 9.17) is 4.74 Å². The number of piperidine rings is 1. The molecule has 0 spiro atoms. The number of alkyl halides is 3. The van der Waals surface area contributed by atoms with Crippen LogP contribution in [0.15, 0.2) is 36.9 Å². The second-order valence-electron chi connectivity index (χ2n) is 6.53. The minimum atomic E-state index is -4.44. The Balaban J connectivity index is 1.75. The van der Waals surface area contributed by atoms with E-state index in [0.717, 1.165) is 31.4 Å². The Morgan fingerprint density at radius 1 is 1.32 bits per heavy atom. The zero-order valence-electron chi connectivity index (χ0n) is 13.6. The summed E-state index contributed by atoms with van der Waals surface area (Å²) in [5, 5.41) is 0. The van der Waals surface area contributed by atoms with Crippen molar-refractivity contribution in [3.63, 3.8) is 0 Å². The zero-order chi connectivity index (χ0) is 18.2. The topological polar surface area (TPSA) is 46.6 Å². The summed E-state index contributed by atoms with van der Waals surface area (Å²) < 4.78 is 70.4. The first-order chi connectivity index (χ1) is 11.7. The highest BCUT2D eigenvalue weighted by molar-refractivity contribution is 7.89. The molecule has 2 fully saturated rings. The van der Waals surface area contributed by atoms with Crippen molar-refractivity contribution in [2.24, 2.45) is 5.92 Å². The lowest BCUT2D eigenvalue weighted by Crippen LogP contribution is -2.48. The van der Waals surface area contributed by atoms with Crippen LogP contribution in [0.4, 0.5) is 13.2 Å². The molecule has 1 saturated carbocycles. The quantitative estimate of drug-likeness (QED) is 0.716. The number of sulfonamides is 1. The fourth-order valence-electron chi connectivity index (χ4n) is 3.87. The molecular formula is C17H20F3NO3S. The molecule has 2 bridgehead atoms. The smallest absolute Gasteiger partial charge is 0.416 e. The van der Waals surface area contributed by atoms with Crippen LogP contribution < -0.4 is 4.74 Å². The third kappa shape index (κ3) is 3.69. The third-order valence-corrected chi connectivity index (χ3v) is 6.78. The lowest BCUT2D eigenvalue weighted by atomic mass is 10.0. The molecule has 0 N–H and O–H groups in total. The molecule has 2 aliphatic rings. The summed E-state index contributed by atoms with van der Waals surface area (Å²) in [4.78, 5) is 0. The maximum atomic E-state index is 12.8. The summed E-state index contributed by atoms with van der Waals surface area (Å²) in [6.45, 7) is 3.54. The van der Waals surface area contributed by atoms with Gasteiger partial charge in [0.05, 0.1) is 17.4 Å². The molecule has 4 nitrogen and oxygen atoms in total. The predicted molar refractivity (Wildman–Crippen MR) is 87.7 cm³/mol. The molecule has 1 aliphatic heterocycles. The van der Waals surface area contributed by atoms with E-state index in [2.05, 4.69) is 6.58 Å². The van der Waals surface area contributed by atoms with E-state index in [0.29, 0.717) is 0 Å². The van der Waals surface area contributed by atoms with Crippen LogP contribution in [0.25, 0.3) is 0 Å². The maximum Gasteiger partial charge on any atom is 0.416 e. The monoisotopic (exact) mass is 375 g/mol. The summed E-state index contributed by atoms with van der Waals surface area (Å²) in [6.07, 6.45) is -0.563. The number of nitrogens with zero attached hydrogens (tertiary/aromatic N) is 1. The fraction of sp³-hybridized carbons (Fsp3) is 0.529. The maximum absolute atomic E-state index is 12.8. The first-order valence-corrected chi connectivity index (χ1v) is 9.75. The van der Waals surface area contributed by atoms with Gasteiger partial charge in [0.15, 0.2) is 0 Å². The molecule has 3 atom stereocenters. The Hall–Kier alpha value is -1.54. The van der Waals surface area contributed by atoms with Crippen molar-refractivity contribution < 1.29 is 26.3 Å². The van der Waals surface area contributed by atoms with Gasteiger partial charge in [0.2, 0.25) is 10.0 Å². The van der Waals surface area contributed by atoms with Gasteiger partial charge in [0.1, 0.15) is 12.4 Å². The average Bonchev–Trinajstić information content (AvgIpc) is 3.13. The van der Waals surface area contributed by atoms with Gasteiger partial charge in [-0.15, -0.1) is 6.58 Å². The summed E-state index contributed by atoms with van der Waals surface area (Å²) in [5.41, 5.74) is -0.783. The molecule has 0 amide bonds. The van der Waals surface area contributed by atoms with Crippen LogP contribution in [0.2, 0.25) is 0 Å². The number of ether oxygens (including phenoxy) is 1. The highest BCUT2D eigenvalue weighted by Gasteiger charge is 2.50. The molecule has 8 heteroatoms. The van der Waals surface area contributed by atoms with E-state index in [9.17, 15) is 21.6 Å². The van der Waals surface area contributed by atoms with Crippen LogP contribution in [0.3, 0.4) is 0 Å². The van der Waals surface area contributed by atoms with E-state index in [1.807, 2.05) is 0 Å². The lowest BCUT2D eigenvalue weighted by molar-refractivity contribution is -0.137. The van der Waals surface area contributed by atoms with Gasteiger partial charge in [0.25, 0.3) is 0 Å². The second-order valence-corrected chi connectivity index (χ2v) is 8.45. The number of halogens is 3. The minimum Gasteiger partial charge on any atom is -0.492 e. The van der Waals surface area contributed by atoms with E-state index in [1.165, 1.54) is 22.5 Å². The number of rotatable bonds is 6. The molecule has 3 rings (SSSR count). The van der Waals surface area contributed by atoms with Crippen LogP contribution in [0, 0.1) is 5.92 Å². The van der Waals surface area contributed by atoms with Crippen molar-refractivity contribution in [1.29, 1.82) is 0 Å². The van der Waals surface area contributed by atoms with Gasteiger partial charge in [-0.1, -0.05) is 12.1 Å². The van der Waals surface area contributed by atoms with Gasteiger partial charge >= 0.3 is 6.18 Å². The summed E-state index contributed by atoms with van der Waals surface area (Å²) >= 11 is 0. The Kier molecular flexibility index (Phi) is 4.85. The van der Waals surface area contributed by atoms with Gasteiger partial charge in [0, 0.05) is 6.04 Å². The minimum absolute atomic E-state index is 0.0370. The third-order valence-electron chi connectivity index (χ3n) is 4.91. The van der Waals surface area contributed by atoms with Crippen molar-refractivity contribution >= 4 is 10.0 Å². The standard InChI is InChI=1S/C17H20F3NO3S/c1-2-8-25(22,23)21-14-7-6-12(9-14)16(21)11-24-15-5-3-4-13(10-15)17(18,19)20/h2-5,10,12,14,16H,1,6-9,11H2/t12-,14+,16-/m0/s1.